The van der Waals surface area contributed by atoms with Gasteiger partial charge in [0.15, 0.2) is 0 Å². The number of benzene rings is 1. The summed E-state index contributed by atoms with van der Waals surface area (Å²) in [6, 6.07) is 7.13. The normalized spacial score (nSPS) is 11.8. The molecule has 0 aromatic heterocycles. The minimum atomic E-state index is -3.59. The van der Waals surface area contributed by atoms with E-state index < -0.39 is 6.72 Å². The summed E-state index contributed by atoms with van der Waals surface area (Å²) >= 11 is 4.35. The van der Waals surface area contributed by atoms with Crippen molar-refractivity contribution in [2.75, 3.05) is 0 Å². The van der Waals surface area contributed by atoms with Crippen LogP contribution in [-0.2, 0) is 11.8 Å². The van der Waals surface area contributed by atoms with Crippen LogP contribution in [-0.4, -0.2) is 9.79 Å². The smallest absolute Gasteiger partial charge is 0.375 e. The highest BCUT2D eigenvalue weighted by atomic mass is 32.5. The molecule has 78 valence electrons. The summed E-state index contributed by atoms with van der Waals surface area (Å²) in [5.41, 5.74) is 1.17. The number of hydrogen-bond donors (Lipinski definition) is 2. The maximum atomic E-state index is 8.91. The average Bonchev–Trinajstić information content (AvgIpc) is 2.02. The lowest BCUT2D eigenvalue weighted by Gasteiger charge is -2.11. The molecule has 14 heavy (non-hydrogen) atoms. The monoisotopic (exact) mass is 232 g/mol. The third-order valence-corrected chi connectivity index (χ3v) is 2.44. The van der Waals surface area contributed by atoms with Gasteiger partial charge in [-0.2, -0.15) is 0 Å². The van der Waals surface area contributed by atoms with Crippen molar-refractivity contribution in [3.63, 3.8) is 0 Å². The highest BCUT2D eigenvalue weighted by molar-refractivity contribution is 8.06. The highest BCUT2D eigenvalue weighted by Crippen LogP contribution is 2.38. The van der Waals surface area contributed by atoms with Crippen LogP contribution in [0.5, 0.6) is 5.75 Å². The van der Waals surface area contributed by atoms with Crippen LogP contribution >= 0.6 is 6.72 Å². The zero-order valence-corrected chi connectivity index (χ0v) is 9.76. The van der Waals surface area contributed by atoms with Crippen molar-refractivity contribution >= 4 is 18.5 Å². The molecule has 0 aliphatic rings. The predicted molar refractivity (Wildman–Crippen MR) is 59.9 cm³/mol. The Balaban J connectivity index is 2.79. The van der Waals surface area contributed by atoms with Gasteiger partial charge in [-0.05, 0) is 23.6 Å². The first kappa shape index (κ1) is 11.7. The Hall–Kier alpha value is -0.410. The molecule has 0 radical (unpaired) electrons. The van der Waals surface area contributed by atoms with Crippen molar-refractivity contribution in [1.29, 1.82) is 0 Å². The van der Waals surface area contributed by atoms with Gasteiger partial charge in [0.1, 0.15) is 5.75 Å². The molecule has 0 bridgehead atoms. The van der Waals surface area contributed by atoms with Gasteiger partial charge in [0.2, 0.25) is 0 Å². The second-order valence-electron chi connectivity index (χ2n) is 3.31. The van der Waals surface area contributed by atoms with E-state index in [0.717, 1.165) is 0 Å². The zero-order valence-electron chi connectivity index (χ0n) is 8.04. The summed E-state index contributed by atoms with van der Waals surface area (Å²) in [4.78, 5) is 17.8. The summed E-state index contributed by atoms with van der Waals surface area (Å²) in [5.74, 6) is 0.832. The third-order valence-electron chi connectivity index (χ3n) is 1.77. The summed E-state index contributed by atoms with van der Waals surface area (Å²) in [5, 5.41) is 0. The van der Waals surface area contributed by atoms with Gasteiger partial charge in [-0.3, -0.25) is 0 Å². The third kappa shape index (κ3) is 3.76. The van der Waals surface area contributed by atoms with E-state index in [9.17, 15) is 0 Å². The van der Waals surface area contributed by atoms with Crippen LogP contribution in [0.15, 0.2) is 24.3 Å². The van der Waals surface area contributed by atoms with Gasteiger partial charge >= 0.3 is 6.72 Å². The molecule has 0 fully saturated rings. The molecular weight excluding hydrogens is 219 g/mol. The lowest BCUT2D eigenvalue weighted by Crippen LogP contribution is -1.91. The van der Waals surface area contributed by atoms with Crippen LogP contribution in [0.2, 0.25) is 0 Å². The zero-order chi connectivity index (χ0) is 10.8. The summed E-state index contributed by atoms with van der Waals surface area (Å²) in [6.45, 7) is 0.570. The molecule has 1 aromatic rings. The second kappa shape index (κ2) is 4.41. The van der Waals surface area contributed by atoms with Crippen molar-refractivity contribution in [2.45, 2.75) is 19.8 Å². The molecule has 3 nitrogen and oxygen atoms in total. The molecule has 0 heterocycles. The van der Waals surface area contributed by atoms with Gasteiger partial charge in [0.05, 0.1) is 0 Å². The maximum Gasteiger partial charge on any atom is 0.375 e. The molecule has 0 aliphatic heterocycles. The van der Waals surface area contributed by atoms with E-state index in [-0.39, 0.29) is 0 Å². The SMILES string of the molecule is CC(C)c1ccc(OP(O)(O)=S)cc1. The molecule has 2 N–H and O–H groups in total. The van der Waals surface area contributed by atoms with Gasteiger partial charge in [-0.25, -0.2) is 0 Å². The molecule has 0 atom stereocenters. The molecule has 1 rings (SSSR count). The number of hydrogen-bond acceptors (Lipinski definition) is 2. The Labute approximate surface area is 88.6 Å². The van der Waals surface area contributed by atoms with Crippen molar-refractivity contribution < 1.29 is 14.3 Å². The second-order valence-corrected chi connectivity index (χ2v) is 5.90. The Kier molecular flexibility index (Phi) is 3.67. The van der Waals surface area contributed by atoms with Crippen LogP contribution < -0.4 is 4.52 Å². The van der Waals surface area contributed by atoms with Crippen molar-refractivity contribution in [2.24, 2.45) is 0 Å². The topological polar surface area (TPSA) is 49.7 Å². The van der Waals surface area contributed by atoms with Crippen LogP contribution in [0, 0.1) is 0 Å². The van der Waals surface area contributed by atoms with Crippen LogP contribution in [0.3, 0.4) is 0 Å². The molecule has 0 amide bonds. The summed E-state index contributed by atoms with van der Waals surface area (Å²) in [7, 11) is 0. The quantitative estimate of drug-likeness (QED) is 0.786. The van der Waals surface area contributed by atoms with E-state index in [2.05, 4.69) is 25.7 Å². The van der Waals surface area contributed by atoms with Crippen LogP contribution in [0.25, 0.3) is 0 Å². The molecule has 0 unspecified atom stereocenters. The average molecular weight is 232 g/mol. The molecule has 5 heteroatoms. The Morgan fingerprint density at radius 1 is 1.21 bits per heavy atom. The van der Waals surface area contributed by atoms with E-state index >= 15 is 0 Å². The first-order valence-electron chi connectivity index (χ1n) is 4.23. The van der Waals surface area contributed by atoms with Crippen LogP contribution in [0.4, 0.5) is 0 Å². The predicted octanol–water partition coefficient (Wildman–Crippen LogP) is 2.40. The van der Waals surface area contributed by atoms with E-state index in [1.54, 1.807) is 12.1 Å². The Morgan fingerprint density at radius 3 is 2.07 bits per heavy atom. The van der Waals surface area contributed by atoms with Gasteiger partial charge < -0.3 is 14.3 Å². The highest BCUT2D eigenvalue weighted by Gasteiger charge is 2.09. The fraction of sp³-hybridized carbons (Fsp3) is 0.333. The standard InChI is InChI=1S/C9H13O3PS/c1-7(2)8-3-5-9(6-4-8)12-13(10,11)14/h3-7H,1-2H3,(H2,10,11,14). The van der Waals surface area contributed by atoms with E-state index in [4.69, 9.17) is 14.3 Å². The maximum absolute atomic E-state index is 8.91. The van der Waals surface area contributed by atoms with E-state index in [0.29, 0.717) is 11.7 Å². The lowest BCUT2D eigenvalue weighted by molar-refractivity contribution is 0.370. The van der Waals surface area contributed by atoms with Gasteiger partial charge in [0, 0.05) is 11.8 Å². The fourth-order valence-corrected chi connectivity index (χ4v) is 1.71. The molecule has 0 aliphatic carbocycles. The molecule has 1 aromatic carbocycles. The van der Waals surface area contributed by atoms with Crippen molar-refractivity contribution in [3.05, 3.63) is 29.8 Å². The van der Waals surface area contributed by atoms with Crippen molar-refractivity contribution in [1.82, 2.24) is 0 Å². The van der Waals surface area contributed by atoms with Gasteiger partial charge in [-0.1, -0.05) is 26.0 Å². The minimum absolute atomic E-state index is 0.391. The van der Waals surface area contributed by atoms with Gasteiger partial charge in [-0.15, -0.1) is 0 Å². The van der Waals surface area contributed by atoms with Crippen molar-refractivity contribution in [3.8, 4) is 5.75 Å². The largest absolute Gasteiger partial charge is 0.424 e. The molecular formula is C9H13O3PS. The molecule has 0 spiro atoms. The molecule has 0 saturated heterocycles. The van der Waals surface area contributed by atoms with Gasteiger partial charge in [0.25, 0.3) is 0 Å². The number of rotatable bonds is 3. The molecule has 0 saturated carbocycles. The van der Waals surface area contributed by atoms with E-state index in [1.165, 1.54) is 5.56 Å². The first-order chi connectivity index (χ1) is 6.38. The Morgan fingerprint density at radius 2 is 1.71 bits per heavy atom. The van der Waals surface area contributed by atoms with E-state index in [1.807, 2.05) is 12.1 Å². The van der Waals surface area contributed by atoms with Crippen LogP contribution in [0.1, 0.15) is 25.3 Å². The first-order valence-corrected chi connectivity index (χ1v) is 6.86. The Bertz CT molecular complexity index is 342. The minimum Gasteiger partial charge on any atom is -0.424 e. The summed E-state index contributed by atoms with van der Waals surface area (Å²) in [6.07, 6.45) is 0. The lowest BCUT2D eigenvalue weighted by atomic mass is 10.0. The summed E-state index contributed by atoms with van der Waals surface area (Å²) < 4.78 is 4.77. The fourth-order valence-electron chi connectivity index (χ4n) is 1.05.